The van der Waals surface area contributed by atoms with E-state index in [2.05, 4.69) is 6.92 Å². The van der Waals surface area contributed by atoms with Gasteiger partial charge >= 0.3 is 5.97 Å². The maximum Gasteiger partial charge on any atom is 0.305 e. The van der Waals surface area contributed by atoms with E-state index >= 15 is 0 Å². The number of piperidine rings is 1. The molecule has 1 amide bonds. The smallest absolute Gasteiger partial charge is 0.305 e. The van der Waals surface area contributed by atoms with Gasteiger partial charge in [0.15, 0.2) is 0 Å². The van der Waals surface area contributed by atoms with Gasteiger partial charge in [0.2, 0.25) is 5.91 Å². The van der Waals surface area contributed by atoms with E-state index in [1.807, 2.05) is 25.1 Å². The predicted octanol–water partition coefficient (Wildman–Crippen LogP) is 2.70. The van der Waals surface area contributed by atoms with Gasteiger partial charge in [0, 0.05) is 12.6 Å². The fraction of sp³-hybridized carbons (Fsp3) is 0.529. The third-order valence-electron chi connectivity index (χ3n) is 4.28. The molecule has 4 nitrogen and oxygen atoms in total. The molecule has 114 valence electrons. The van der Waals surface area contributed by atoms with Gasteiger partial charge in [-0.25, -0.2) is 0 Å². The van der Waals surface area contributed by atoms with Crippen LogP contribution in [0.25, 0.3) is 0 Å². The number of carboxylic acids is 1. The van der Waals surface area contributed by atoms with Crippen LogP contribution in [0, 0.1) is 13.8 Å². The Labute approximate surface area is 125 Å². The lowest BCUT2D eigenvalue weighted by Gasteiger charge is -2.35. The summed E-state index contributed by atoms with van der Waals surface area (Å²) >= 11 is 0. The van der Waals surface area contributed by atoms with Crippen molar-refractivity contribution in [1.82, 2.24) is 4.90 Å². The van der Waals surface area contributed by atoms with E-state index in [-0.39, 0.29) is 18.4 Å². The molecule has 4 heteroatoms. The molecule has 1 saturated heterocycles. The quantitative estimate of drug-likeness (QED) is 0.927. The summed E-state index contributed by atoms with van der Waals surface area (Å²) in [5.41, 5.74) is 3.40. The monoisotopic (exact) mass is 289 g/mol. The topological polar surface area (TPSA) is 57.6 Å². The number of carbonyl (C=O) groups excluding carboxylic acids is 1. The summed E-state index contributed by atoms with van der Waals surface area (Å²) in [6.45, 7) is 4.77. The van der Waals surface area contributed by atoms with Gasteiger partial charge in [0.25, 0.3) is 0 Å². The van der Waals surface area contributed by atoms with Gasteiger partial charge in [-0.1, -0.05) is 18.2 Å². The molecule has 21 heavy (non-hydrogen) atoms. The molecule has 1 aliphatic rings. The molecule has 1 atom stereocenters. The maximum absolute atomic E-state index is 12.5. The van der Waals surface area contributed by atoms with E-state index < -0.39 is 5.97 Å². The Kier molecular flexibility index (Phi) is 4.99. The Morgan fingerprint density at radius 2 is 2.00 bits per heavy atom. The molecular weight excluding hydrogens is 266 g/mol. The highest BCUT2D eigenvalue weighted by Gasteiger charge is 2.28. The van der Waals surface area contributed by atoms with Gasteiger partial charge in [0.1, 0.15) is 0 Å². The second-order valence-electron chi connectivity index (χ2n) is 5.93. The molecule has 1 N–H and O–H groups in total. The highest BCUT2D eigenvalue weighted by molar-refractivity contribution is 5.80. The van der Waals surface area contributed by atoms with Crippen LogP contribution in [-0.2, 0) is 16.0 Å². The highest BCUT2D eigenvalue weighted by Crippen LogP contribution is 2.21. The van der Waals surface area contributed by atoms with Crippen LogP contribution >= 0.6 is 0 Å². The van der Waals surface area contributed by atoms with Crippen molar-refractivity contribution < 1.29 is 14.7 Å². The number of rotatable bonds is 4. The van der Waals surface area contributed by atoms with Gasteiger partial charge in [-0.3, -0.25) is 9.59 Å². The molecule has 0 saturated carbocycles. The van der Waals surface area contributed by atoms with Crippen LogP contribution in [0.15, 0.2) is 18.2 Å². The van der Waals surface area contributed by atoms with Crippen molar-refractivity contribution in [2.24, 2.45) is 0 Å². The van der Waals surface area contributed by atoms with E-state index in [0.717, 1.165) is 24.8 Å². The minimum absolute atomic E-state index is 0.0456. The van der Waals surface area contributed by atoms with Crippen molar-refractivity contribution >= 4 is 11.9 Å². The highest BCUT2D eigenvalue weighted by atomic mass is 16.4. The van der Waals surface area contributed by atoms with E-state index in [4.69, 9.17) is 5.11 Å². The van der Waals surface area contributed by atoms with E-state index in [0.29, 0.717) is 13.0 Å². The lowest BCUT2D eigenvalue weighted by molar-refractivity contribution is -0.141. The van der Waals surface area contributed by atoms with Crippen LogP contribution < -0.4 is 0 Å². The van der Waals surface area contributed by atoms with E-state index in [9.17, 15) is 9.59 Å². The summed E-state index contributed by atoms with van der Waals surface area (Å²) in [6, 6.07) is 5.91. The molecule has 0 aliphatic carbocycles. The summed E-state index contributed by atoms with van der Waals surface area (Å²) in [5.74, 6) is -0.782. The first-order valence-electron chi connectivity index (χ1n) is 7.55. The fourth-order valence-electron chi connectivity index (χ4n) is 2.93. The molecule has 0 bridgehead atoms. The molecular formula is C17H23NO3. The van der Waals surface area contributed by atoms with Gasteiger partial charge in [-0.05, 0) is 49.8 Å². The van der Waals surface area contributed by atoms with Gasteiger partial charge in [0.05, 0.1) is 12.8 Å². The Morgan fingerprint density at radius 3 is 2.67 bits per heavy atom. The number of aryl methyl sites for hydroxylation is 2. The number of nitrogens with zero attached hydrogens (tertiary/aromatic N) is 1. The minimum atomic E-state index is -0.828. The summed E-state index contributed by atoms with van der Waals surface area (Å²) in [4.78, 5) is 25.2. The van der Waals surface area contributed by atoms with Crippen molar-refractivity contribution in [1.29, 1.82) is 0 Å². The van der Waals surface area contributed by atoms with Gasteiger partial charge < -0.3 is 10.0 Å². The zero-order valence-electron chi connectivity index (χ0n) is 12.8. The average molecular weight is 289 g/mol. The first-order valence-corrected chi connectivity index (χ1v) is 7.55. The van der Waals surface area contributed by atoms with Crippen molar-refractivity contribution in [2.45, 2.75) is 52.0 Å². The third-order valence-corrected chi connectivity index (χ3v) is 4.28. The first-order chi connectivity index (χ1) is 9.97. The Morgan fingerprint density at radius 1 is 1.24 bits per heavy atom. The molecule has 0 aromatic heterocycles. The molecule has 1 aromatic rings. The summed E-state index contributed by atoms with van der Waals surface area (Å²) in [5, 5.41) is 8.98. The number of likely N-dealkylation sites (tertiary alicyclic amines) is 1. The van der Waals surface area contributed by atoms with Gasteiger partial charge in [-0.2, -0.15) is 0 Å². The van der Waals surface area contributed by atoms with E-state index in [1.54, 1.807) is 4.90 Å². The summed E-state index contributed by atoms with van der Waals surface area (Å²) in [6.07, 6.45) is 3.18. The first kappa shape index (κ1) is 15.5. The standard InChI is InChI=1S/C17H23NO3/c1-12-6-7-14(9-13(12)2)10-16(19)18-8-4-3-5-15(18)11-17(20)21/h6-7,9,15H,3-5,8,10-11H2,1-2H3,(H,20,21). The molecule has 1 unspecified atom stereocenters. The normalized spacial score (nSPS) is 18.6. The molecule has 1 fully saturated rings. The Bertz CT molecular complexity index is 539. The second kappa shape index (κ2) is 6.74. The number of carbonyl (C=O) groups is 2. The Balaban J connectivity index is 2.06. The Hall–Kier alpha value is -1.84. The zero-order valence-corrected chi connectivity index (χ0v) is 12.8. The predicted molar refractivity (Wildman–Crippen MR) is 81.2 cm³/mol. The van der Waals surface area contributed by atoms with Crippen molar-refractivity contribution in [3.8, 4) is 0 Å². The lowest BCUT2D eigenvalue weighted by atomic mass is 9.97. The second-order valence-corrected chi connectivity index (χ2v) is 5.93. The molecule has 1 aliphatic heterocycles. The molecule has 0 radical (unpaired) electrons. The summed E-state index contributed by atoms with van der Waals surface area (Å²) in [7, 11) is 0. The van der Waals surface area contributed by atoms with E-state index in [1.165, 1.54) is 11.1 Å². The number of amides is 1. The van der Waals surface area contributed by atoms with Crippen molar-refractivity contribution in [2.75, 3.05) is 6.54 Å². The molecule has 0 spiro atoms. The number of hydrogen-bond acceptors (Lipinski definition) is 2. The van der Waals surface area contributed by atoms with Crippen molar-refractivity contribution in [3.63, 3.8) is 0 Å². The van der Waals surface area contributed by atoms with Crippen LogP contribution in [0.1, 0.15) is 42.4 Å². The zero-order chi connectivity index (χ0) is 15.4. The molecule has 1 aromatic carbocycles. The van der Waals surface area contributed by atoms with Gasteiger partial charge in [-0.15, -0.1) is 0 Å². The summed E-state index contributed by atoms with van der Waals surface area (Å²) < 4.78 is 0. The van der Waals surface area contributed by atoms with Crippen LogP contribution in [0.3, 0.4) is 0 Å². The average Bonchev–Trinajstić information content (AvgIpc) is 2.43. The van der Waals surface area contributed by atoms with Crippen LogP contribution in [-0.4, -0.2) is 34.5 Å². The number of carboxylic acid groups (broad SMARTS) is 1. The van der Waals surface area contributed by atoms with Crippen LogP contribution in [0.5, 0.6) is 0 Å². The maximum atomic E-state index is 12.5. The van der Waals surface area contributed by atoms with Crippen LogP contribution in [0.4, 0.5) is 0 Å². The number of benzene rings is 1. The lowest BCUT2D eigenvalue weighted by Crippen LogP contribution is -2.45. The molecule has 2 rings (SSSR count). The SMILES string of the molecule is Cc1ccc(CC(=O)N2CCCCC2CC(=O)O)cc1C. The number of hydrogen-bond donors (Lipinski definition) is 1. The fourth-order valence-corrected chi connectivity index (χ4v) is 2.93. The van der Waals surface area contributed by atoms with Crippen LogP contribution in [0.2, 0.25) is 0 Å². The molecule has 1 heterocycles. The largest absolute Gasteiger partial charge is 0.481 e. The third kappa shape index (κ3) is 4.06. The van der Waals surface area contributed by atoms with Crippen molar-refractivity contribution in [3.05, 3.63) is 34.9 Å². The number of aliphatic carboxylic acids is 1. The minimum Gasteiger partial charge on any atom is -0.481 e.